The molecule has 1 unspecified atom stereocenters. The highest BCUT2D eigenvalue weighted by Crippen LogP contribution is 2.00. The first-order valence-corrected chi connectivity index (χ1v) is 5.91. The fourth-order valence-electron chi connectivity index (χ4n) is 1.22. The Balaban J connectivity index is 3.97. The summed E-state index contributed by atoms with van der Waals surface area (Å²) in [5, 5.41) is 16.0. The number of hydrogen-bond donors (Lipinski definition) is 4. The van der Waals surface area contributed by atoms with Gasteiger partial charge in [-0.05, 0) is 5.92 Å². The second-order valence-corrected chi connectivity index (χ2v) is 4.23. The summed E-state index contributed by atoms with van der Waals surface area (Å²) in [4.78, 5) is 33.5. The zero-order chi connectivity index (χ0) is 14.8. The van der Waals surface area contributed by atoms with E-state index < -0.39 is 18.0 Å². The minimum absolute atomic E-state index is 0.222. The molecule has 0 bridgehead atoms. The van der Waals surface area contributed by atoms with Gasteiger partial charge in [-0.2, -0.15) is 0 Å². The maximum atomic E-state index is 11.4. The van der Waals surface area contributed by atoms with Gasteiger partial charge >= 0.3 is 12.0 Å². The van der Waals surface area contributed by atoms with Crippen LogP contribution in [0.5, 0.6) is 0 Å². The molecule has 0 aromatic carbocycles. The van der Waals surface area contributed by atoms with Gasteiger partial charge in [-0.1, -0.05) is 13.8 Å². The van der Waals surface area contributed by atoms with E-state index in [0.717, 1.165) is 0 Å². The molecule has 0 fully saturated rings. The quantitative estimate of drug-likeness (QED) is 0.431. The lowest BCUT2D eigenvalue weighted by Crippen LogP contribution is -2.50. The summed E-state index contributed by atoms with van der Waals surface area (Å²) < 4.78 is 4.74. The summed E-state index contributed by atoms with van der Waals surface area (Å²) in [7, 11) is 1.51. The van der Waals surface area contributed by atoms with Gasteiger partial charge in [0.25, 0.3) is 0 Å². The second-order valence-electron chi connectivity index (χ2n) is 4.23. The van der Waals surface area contributed by atoms with Gasteiger partial charge in [-0.15, -0.1) is 0 Å². The standard InChI is InChI=1S/C11H21N3O5/c1-7(2)9(10(16)17)14-11(18)13-6-8(15)12-4-5-19-3/h7,9H,4-6H2,1-3H3,(H,12,15)(H,16,17)(H2,13,14,18). The molecule has 110 valence electrons. The Morgan fingerprint density at radius 1 is 1.21 bits per heavy atom. The molecule has 0 rings (SSSR count). The lowest BCUT2D eigenvalue weighted by atomic mass is 10.1. The highest BCUT2D eigenvalue weighted by Gasteiger charge is 2.23. The van der Waals surface area contributed by atoms with E-state index in [2.05, 4.69) is 16.0 Å². The molecule has 8 heteroatoms. The van der Waals surface area contributed by atoms with Gasteiger partial charge in [0.2, 0.25) is 5.91 Å². The van der Waals surface area contributed by atoms with Gasteiger partial charge in [-0.3, -0.25) is 4.79 Å². The van der Waals surface area contributed by atoms with E-state index in [-0.39, 0.29) is 18.4 Å². The Bertz CT molecular complexity index is 319. The largest absolute Gasteiger partial charge is 0.480 e. The number of hydrogen-bond acceptors (Lipinski definition) is 4. The van der Waals surface area contributed by atoms with Crippen molar-refractivity contribution in [2.45, 2.75) is 19.9 Å². The fraction of sp³-hybridized carbons (Fsp3) is 0.727. The SMILES string of the molecule is COCCNC(=O)CNC(=O)NC(C(=O)O)C(C)C. The molecule has 0 radical (unpaired) electrons. The van der Waals surface area contributed by atoms with Crippen LogP contribution in [0.15, 0.2) is 0 Å². The van der Waals surface area contributed by atoms with Crippen molar-refractivity contribution < 1.29 is 24.2 Å². The molecular weight excluding hydrogens is 254 g/mol. The molecular formula is C11H21N3O5. The molecule has 8 nitrogen and oxygen atoms in total. The van der Waals surface area contributed by atoms with Crippen molar-refractivity contribution in [3.63, 3.8) is 0 Å². The smallest absolute Gasteiger partial charge is 0.326 e. The average Bonchev–Trinajstić information content (AvgIpc) is 2.33. The normalized spacial score (nSPS) is 11.8. The van der Waals surface area contributed by atoms with Crippen LogP contribution >= 0.6 is 0 Å². The second kappa shape index (κ2) is 9.15. The lowest BCUT2D eigenvalue weighted by molar-refractivity contribution is -0.140. The summed E-state index contributed by atoms with van der Waals surface area (Å²) in [6, 6.07) is -1.68. The summed E-state index contributed by atoms with van der Waals surface area (Å²) in [6.45, 7) is 3.86. The number of ether oxygens (including phenoxy) is 1. The number of nitrogens with one attached hydrogen (secondary N) is 3. The summed E-state index contributed by atoms with van der Waals surface area (Å²) in [5.41, 5.74) is 0. The molecule has 19 heavy (non-hydrogen) atoms. The van der Waals surface area contributed by atoms with Gasteiger partial charge in [0, 0.05) is 13.7 Å². The van der Waals surface area contributed by atoms with Crippen LogP contribution in [0.25, 0.3) is 0 Å². The van der Waals surface area contributed by atoms with E-state index in [1.54, 1.807) is 13.8 Å². The van der Waals surface area contributed by atoms with Gasteiger partial charge in [-0.25, -0.2) is 9.59 Å². The summed E-state index contributed by atoms with van der Waals surface area (Å²) >= 11 is 0. The molecule has 0 aliphatic heterocycles. The maximum absolute atomic E-state index is 11.4. The number of amides is 3. The Morgan fingerprint density at radius 3 is 2.32 bits per heavy atom. The van der Waals surface area contributed by atoms with Gasteiger partial charge in [0.15, 0.2) is 0 Å². The Labute approximate surface area is 111 Å². The van der Waals surface area contributed by atoms with Crippen LogP contribution in [0.4, 0.5) is 4.79 Å². The predicted molar refractivity (Wildman–Crippen MR) is 67.7 cm³/mol. The molecule has 0 aromatic heterocycles. The Morgan fingerprint density at radius 2 is 1.84 bits per heavy atom. The van der Waals surface area contributed by atoms with Crippen LogP contribution < -0.4 is 16.0 Å². The van der Waals surface area contributed by atoms with Crippen LogP contribution in [0, 0.1) is 5.92 Å². The molecule has 0 heterocycles. The number of carbonyl (C=O) groups excluding carboxylic acids is 2. The highest BCUT2D eigenvalue weighted by atomic mass is 16.5. The lowest BCUT2D eigenvalue weighted by Gasteiger charge is -2.18. The van der Waals surface area contributed by atoms with Crippen molar-refractivity contribution in [2.75, 3.05) is 26.8 Å². The predicted octanol–water partition coefficient (Wildman–Crippen LogP) is -0.843. The van der Waals surface area contributed by atoms with Crippen LogP contribution in [0.3, 0.4) is 0 Å². The molecule has 0 aromatic rings. The molecule has 1 atom stereocenters. The monoisotopic (exact) mass is 275 g/mol. The maximum Gasteiger partial charge on any atom is 0.326 e. The van der Waals surface area contributed by atoms with Crippen molar-refractivity contribution in [1.29, 1.82) is 0 Å². The van der Waals surface area contributed by atoms with Gasteiger partial charge in [0.1, 0.15) is 6.04 Å². The number of aliphatic carboxylic acids is 1. The number of urea groups is 1. The number of carbonyl (C=O) groups is 3. The van der Waals surface area contributed by atoms with Crippen molar-refractivity contribution in [1.82, 2.24) is 16.0 Å². The fourth-order valence-corrected chi connectivity index (χ4v) is 1.22. The molecule has 0 saturated carbocycles. The zero-order valence-corrected chi connectivity index (χ0v) is 11.4. The summed E-state index contributed by atoms with van der Waals surface area (Å²) in [6.07, 6.45) is 0. The number of methoxy groups -OCH3 is 1. The molecule has 4 N–H and O–H groups in total. The van der Waals surface area contributed by atoms with Gasteiger partial charge < -0.3 is 25.8 Å². The topological polar surface area (TPSA) is 117 Å². The van der Waals surface area contributed by atoms with Crippen LogP contribution in [0.1, 0.15) is 13.8 Å². The van der Waals surface area contributed by atoms with Crippen LogP contribution in [0.2, 0.25) is 0 Å². The first-order chi connectivity index (χ1) is 8.88. The first kappa shape index (κ1) is 17.2. The Hall–Kier alpha value is -1.83. The summed E-state index contributed by atoms with van der Waals surface area (Å²) in [5.74, 6) is -1.74. The molecule has 0 aliphatic rings. The van der Waals surface area contributed by atoms with E-state index in [0.29, 0.717) is 13.2 Å². The molecule has 0 saturated heterocycles. The average molecular weight is 275 g/mol. The van der Waals surface area contributed by atoms with Crippen LogP contribution in [-0.4, -0.2) is 55.9 Å². The number of carboxylic acid groups (broad SMARTS) is 1. The van der Waals surface area contributed by atoms with E-state index in [1.165, 1.54) is 7.11 Å². The highest BCUT2D eigenvalue weighted by molar-refractivity contribution is 5.86. The minimum atomic E-state index is -1.12. The van der Waals surface area contributed by atoms with E-state index >= 15 is 0 Å². The van der Waals surface area contributed by atoms with E-state index in [1.807, 2.05) is 0 Å². The third kappa shape index (κ3) is 7.98. The van der Waals surface area contributed by atoms with E-state index in [4.69, 9.17) is 9.84 Å². The number of rotatable bonds is 8. The first-order valence-electron chi connectivity index (χ1n) is 5.91. The third-order valence-corrected chi connectivity index (χ3v) is 2.26. The number of carboxylic acids is 1. The zero-order valence-electron chi connectivity index (χ0n) is 11.4. The van der Waals surface area contributed by atoms with E-state index in [9.17, 15) is 14.4 Å². The third-order valence-electron chi connectivity index (χ3n) is 2.26. The Kier molecular flexibility index (Phi) is 8.27. The van der Waals surface area contributed by atoms with Crippen molar-refractivity contribution in [3.8, 4) is 0 Å². The van der Waals surface area contributed by atoms with Gasteiger partial charge in [0.05, 0.1) is 13.2 Å². The van der Waals surface area contributed by atoms with Crippen molar-refractivity contribution in [2.24, 2.45) is 5.92 Å². The van der Waals surface area contributed by atoms with Crippen molar-refractivity contribution >= 4 is 17.9 Å². The molecule has 0 aliphatic carbocycles. The molecule has 0 spiro atoms. The molecule has 3 amide bonds. The minimum Gasteiger partial charge on any atom is -0.480 e. The van der Waals surface area contributed by atoms with Crippen molar-refractivity contribution in [3.05, 3.63) is 0 Å². The van der Waals surface area contributed by atoms with Crippen LogP contribution in [-0.2, 0) is 14.3 Å².